The molecule has 0 aromatic carbocycles. The molecule has 0 bridgehead atoms. The Balaban J connectivity index is 1.88. The lowest BCUT2D eigenvalue weighted by molar-refractivity contribution is 0.0768. The topological polar surface area (TPSA) is 82.2 Å². The lowest BCUT2D eigenvalue weighted by Gasteiger charge is -2.17. The second-order valence-corrected chi connectivity index (χ2v) is 4.90. The number of nitrogens with zero attached hydrogens (tertiary/aromatic N) is 4. The molecule has 0 spiro atoms. The molecule has 3 heterocycles. The second-order valence-electron chi connectivity index (χ2n) is 4.90. The normalized spacial score (nSPS) is 21.1. The SMILES string of the molecule is Cn1ncc2c(=O)n(CC(O)C3CCOC3)cnc21. The lowest BCUT2D eigenvalue weighted by atomic mass is 10.0. The van der Waals surface area contributed by atoms with E-state index in [0.29, 0.717) is 24.2 Å². The number of aliphatic hydroxyl groups is 1. The number of aryl methyl sites for hydroxylation is 1. The molecule has 1 aliphatic heterocycles. The summed E-state index contributed by atoms with van der Waals surface area (Å²) in [4.78, 5) is 16.4. The highest BCUT2D eigenvalue weighted by Crippen LogP contribution is 2.17. The van der Waals surface area contributed by atoms with Crippen LogP contribution in [0.5, 0.6) is 0 Å². The average molecular weight is 264 g/mol. The molecule has 1 aliphatic rings. The summed E-state index contributed by atoms with van der Waals surface area (Å²) in [7, 11) is 1.74. The number of ether oxygens (including phenoxy) is 1. The van der Waals surface area contributed by atoms with Crippen molar-refractivity contribution in [2.24, 2.45) is 13.0 Å². The van der Waals surface area contributed by atoms with E-state index < -0.39 is 6.10 Å². The van der Waals surface area contributed by atoms with Crippen LogP contribution in [0.3, 0.4) is 0 Å². The van der Waals surface area contributed by atoms with Gasteiger partial charge in [0.05, 0.1) is 25.5 Å². The Hall–Kier alpha value is -1.73. The molecule has 0 saturated carbocycles. The molecule has 0 radical (unpaired) electrons. The maximum atomic E-state index is 12.2. The molecule has 2 aromatic rings. The maximum absolute atomic E-state index is 12.2. The van der Waals surface area contributed by atoms with Gasteiger partial charge in [-0.1, -0.05) is 0 Å². The third-order valence-corrected chi connectivity index (χ3v) is 3.61. The number of aliphatic hydroxyl groups excluding tert-OH is 1. The summed E-state index contributed by atoms with van der Waals surface area (Å²) in [5.41, 5.74) is 0.385. The predicted octanol–water partition coefficient (Wildman–Crippen LogP) is -0.473. The van der Waals surface area contributed by atoms with Crippen molar-refractivity contribution >= 4 is 11.0 Å². The molecule has 102 valence electrons. The standard InChI is InChI=1S/C12H16N4O3/c1-15-11-9(4-14-15)12(18)16(7-13-11)5-10(17)8-2-3-19-6-8/h4,7-8,10,17H,2-3,5-6H2,1H3. The summed E-state index contributed by atoms with van der Waals surface area (Å²) >= 11 is 0. The molecule has 2 atom stereocenters. The van der Waals surface area contributed by atoms with Crippen LogP contribution in [0.15, 0.2) is 17.3 Å². The monoisotopic (exact) mass is 264 g/mol. The van der Waals surface area contributed by atoms with E-state index in [9.17, 15) is 9.90 Å². The fourth-order valence-corrected chi connectivity index (χ4v) is 2.40. The summed E-state index contributed by atoms with van der Waals surface area (Å²) in [5.74, 6) is 0.0940. The second kappa shape index (κ2) is 4.75. The van der Waals surface area contributed by atoms with Gasteiger partial charge in [0.15, 0.2) is 5.65 Å². The zero-order chi connectivity index (χ0) is 13.4. The zero-order valence-corrected chi connectivity index (χ0v) is 10.7. The smallest absolute Gasteiger partial charge is 0.264 e. The van der Waals surface area contributed by atoms with Crippen molar-refractivity contribution in [1.29, 1.82) is 0 Å². The van der Waals surface area contributed by atoms with E-state index >= 15 is 0 Å². The Morgan fingerprint density at radius 3 is 3.21 bits per heavy atom. The van der Waals surface area contributed by atoms with Crippen LogP contribution in [0.25, 0.3) is 11.0 Å². The van der Waals surface area contributed by atoms with Crippen molar-refractivity contribution in [3.05, 3.63) is 22.9 Å². The molecule has 3 rings (SSSR count). The van der Waals surface area contributed by atoms with Crippen LogP contribution < -0.4 is 5.56 Å². The number of fused-ring (bicyclic) bond motifs is 1. The third kappa shape index (κ3) is 2.15. The summed E-state index contributed by atoms with van der Waals surface area (Å²) in [6, 6.07) is 0. The minimum Gasteiger partial charge on any atom is -0.391 e. The summed E-state index contributed by atoms with van der Waals surface area (Å²) in [5, 5.41) is 14.6. The fourth-order valence-electron chi connectivity index (χ4n) is 2.40. The van der Waals surface area contributed by atoms with Gasteiger partial charge in [0, 0.05) is 19.6 Å². The van der Waals surface area contributed by atoms with Gasteiger partial charge < -0.3 is 9.84 Å². The van der Waals surface area contributed by atoms with Gasteiger partial charge in [0.25, 0.3) is 5.56 Å². The van der Waals surface area contributed by atoms with E-state index in [2.05, 4.69) is 10.1 Å². The van der Waals surface area contributed by atoms with E-state index in [1.54, 1.807) is 11.7 Å². The Morgan fingerprint density at radius 1 is 1.63 bits per heavy atom. The van der Waals surface area contributed by atoms with Gasteiger partial charge in [-0.05, 0) is 6.42 Å². The van der Waals surface area contributed by atoms with E-state index in [0.717, 1.165) is 6.42 Å². The van der Waals surface area contributed by atoms with Gasteiger partial charge in [-0.15, -0.1) is 0 Å². The van der Waals surface area contributed by atoms with E-state index in [1.165, 1.54) is 17.1 Å². The zero-order valence-electron chi connectivity index (χ0n) is 10.7. The van der Waals surface area contributed by atoms with Crippen molar-refractivity contribution in [3.63, 3.8) is 0 Å². The van der Waals surface area contributed by atoms with E-state index in [4.69, 9.17) is 4.74 Å². The maximum Gasteiger partial charge on any atom is 0.264 e. The molecule has 19 heavy (non-hydrogen) atoms. The van der Waals surface area contributed by atoms with Gasteiger partial charge in [-0.3, -0.25) is 14.0 Å². The Bertz CT molecular complexity index is 642. The Morgan fingerprint density at radius 2 is 2.47 bits per heavy atom. The highest BCUT2D eigenvalue weighted by molar-refractivity contribution is 5.72. The van der Waals surface area contributed by atoms with Crippen molar-refractivity contribution in [2.45, 2.75) is 19.1 Å². The van der Waals surface area contributed by atoms with Crippen molar-refractivity contribution in [2.75, 3.05) is 13.2 Å². The van der Waals surface area contributed by atoms with Crippen LogP contribution in [-0.4, -0.2) is 43.8 Å². The van der Waals surface area contributed by atoms with Crippen molar-refractivity contribution in [1.82, 2.24) is 19.3 Å². The van der Waals surface area contributed by atoms with Crippen LogP contribution in [0, 0.1) is 5.92 Å². The highest BCUT2D eigenvalue weighted by Gasteiger charge is 2.24. The largest absolute Gasteiger partial charge is 0.391 e. The Labute approximate surface area is 109 Å². The third-order valence-electron chi connectivity index (χ3n) is 3.61. The van der Waals surface area contributed by atoms with E-state index in [-0.39, 0.29) is 18.0 Å². The van der Waals surface area contributed by atoms with Crippen molar-refractivity contribution in [3.8, 4) is 0 Å². The predicted molar refractivity (Wildman–Crippen MR) is 67.7 cm³/mol. The first-order valence-electron chi connectivity index (χ1n) is 6.30. The number of rotatable bonds is 3. The Kier molecular flexibility index (Phi) is 3.08. The van der Waals surface area contributed by atoms with Gasteiger partial charge in [0.1, 0.15) is 11.7 Å². The van der Waals surface area contributed by atoms with Crippen LogP contribution in [-0.2, 0) is 18.3 Å². The number of hydrogen-bond donors (Lipinski definition) is 1. The quantitative estimate of drug-likeness (QED) is 0.810. The van der Waals surface area contributed by atoms with Crippen molar-refractivity contribution < 1.29 is 9.84 Å². The highest BCUT2D eigenvalue weighted by atomic mass is 16.5. The molecule has 7 nitrogen and oxygen atoms in total. The molecule has 2 aromatic heterocycles. The molecule has 1 saturated heterocycles. The molecule has 0 aliphatic carbocycles. The van der Waals surface area contributed by atoms with Gasteiger partial charge >= 0.3 is 0 Å². The minimum atomic E-state index is -0.587. The van der Waals surface area contributed by atoms with Crippen LogP contribution in [0.1, 0.15) is 6.42 Å². The molecule has 0 amide bonds. The summed E-state index contributed by atoms with van der Waals surface area (Å²) in [6.45, 7) is 1.47. The van der Waals surface area contributed by atoms with Gasteiger partial charge in [-0.2, -0.15) is 5.10 Å². The summed E-state index contributed by atoms with van der Waals surface area (Å²) < 4.78 is 8.24. The average Bonchev–Trinajstić information content (AvgIpc) is 3.03. The number of hydrogen-bond acceptors (Lipinski definition) is 5. The summed E-state index contributed by atoms with van der Waals surface area (Å²) in [6.07, 6.45) is 3.21. The molecule has 2 unspecified atom stereocenters. The lowest BCUT2D eigenvalue weighted by Crippen LogP contribution is -2.31. The first kappa shape index (κ1) is 12.3. The van der Waals surface area contributed by atoms with Crippen LogP contribution in [0.4, 0.5) is 0 Å². The van der Waals surface area contributed by atoms with Crippen LogP contribution >= 0.6 is 0 Å². The van der Waals surface area contributed by atoms with Gasteiger partial charge in [-0.25, -0.2) is 4.98 Å². The minimum absolute atomic E-state index is 0.0940. The van der Waals surface area contributed by atoms with Crippen LogP contribution in [0.2, 0.25) is 0 Å². The first-order chi connectivity index (χ1) is 9.16. The molecular formula is C12H16N4O3. The molecule has 1 fully saturated rings. The van der Waals surface area contributed by atoms with Gasteiger partial charge in [0.2, 0.25) is 0 Å². The fraction of sp³-hybridized carbons (Fsp3) is 0.583. The first-order valence-corrected chi connectivity index (χ1v) is 6.30. The number of aromatic nitrogens is 4. The molecule has 7 heteroatoms. The molecular weight excluding hydrogens is 248 g/mol. The molecule has 1 N–H and O–H groups in total. The van der Waals surface area contributed by atoms with E-state index in [1.807, 2.05) is 0 Å².